The molecule has 0 aliphatic heterocycles. The molecule has 0 aliphatic carbocycles. The zero-order valence-corrected chi connectivity index (χ0v) is 15.1. The minimum absolute atomic E-state index is 0.102. The molecule has 4 nitrogen and oxygen atoms in total. The first-order chi connectivity index (χ1) is 11.4. The zero-order valence-electron chi connectivity index (χ0n) is 14.4. The fourth-order valence-electron chi connectivity index (χ4n) is 2.43. The maximum absolute atomic E-state index is 12.5. The Morgan fingerprint density at radius 1 is 1.12 bits per heavy atom. The first-order valence-corrected chi connectivity index (χ1v) is 8.30. The summed E-state index contributed by atoms with van der Waals surface area (Å²) in [6.45, 7) is 6.02. The van der Waals surface area contributed by atoms with E-state index in [0.29, 0.717) is 16.7 Å². The lowest BCUT2D eigenvalue weighted by molar-refractivity contribution is -0.116. The minimum Gasteiger partial charge on any atom is -0.495 e. The van der Waals surface area contributed by atoms with E-state index < -0.39 is 6.04 Å². The lowest BCUT2D eigenvalue weighted by Crippen LogP contribution is -2.32. The van der Waals surface area contributed by atoms with E-state index in [1.54, 1.807) is 19.2 Å². The number of ether oxygens (including phenoxy) is 1. The second-order valence-electron chi connectivity index (χ2n) is 5.95. The van der Waals surface area contributed by atoms with Crippen LogP contribution in [0.15, 0.2) is 42.5 Å². The highest BCUT2D eigenvalue weighted by Crippen LogP contribution is 2.28. The van der Waals surface area contributed by atoms with Gasteiger partial charge in [-0.2, -0.15) is 0 Å². The summed E-state index contributed by atoms with van der Waals surface area (Å²) in [7, 11) is 1.57. The van der Waals surface area contributed by atoms with Crippen molar-refractivity contribution in [2.75, 3.05) is 17.7 Å². The number of anilines is 2. The van der Waals surface area contributed by atoms with Gasteiger partial charge in [-0.3, -0.25) is 4.79 Å². The topological polar surface area (TPSA) is 50.4 Å². The summed E-state index contributed by atoms with van der Waals surface area (Å²) in [6, 6.07) is 12.8. The van der Waals surface area contributed by atoms with Crippen LogP contribution in [0, 0.1) is 0 Å². The molecule has 128 valence electrons. The smallest absolute Gasteiger partial charge is 0.246 e. The largest absolute Gasteiger partial charge is 0.495 e. The SMILES string of the molecule is COc1ccc(N[C@H](C)C(=O)Nc2ccccc2C(C)C)cc1Cl. The number of hydrogen-bond acceptors (Lipinski definition) is 3. The van der Waals surface area contributed by atoms with Gasteiger partial charge in [-0.1, -0.05) is 43.6 Å². The molecule has 1 amide bonds. The van der Waals surface area contributed by atoms with Crippen LogP contribution in [0.25, 0.3) is 0 Å². The Morgan fingerprint density at radius 2 is 1.83 bits per heavy atom. The lowest BCUT2D eigenvalue weighted by atomic mass is 10.0. The third kappa shape index (κ3) is 4.42. The van der Waals surface area contributed by atoms with E-state index in [9.17, 15) is 4.79 Å². The van der Waals surface area contributed by atoms with E-state index >= 15 is 0 Å². The van der Waals surface area contributed by atoms with Gasteiger partial charge in [-0.15, -0.1) is 0 Å². The van der Waals surface area contributed by atoms with E-state index in [1.807, 2.05) is 37.3 Å². The fraction of sp³-hybridized carbons (Fsp3) is 0.316. The van der Waals surface area contributed by atoms with Crippen LogP contribution in [0.3, 0.4) is 0 Å². The van der Waals surface area contributed by atoms with Crippen LogP contribution in [0.1, 0.15) is 32.3 Å². The predicted octanol–water partition coefficient (Wildman–Crippen LogP) is 4.91. The molecule has 0 unspecified atom stereocenters. The molecule has 0 saturated heterocycles. The van der Waals surface area contributed by atoms with Crippen molar-refractivity contribution in [1.29, 1.82) is 0 Å². The maximum Gasteiger partial charge on any atom is 0.246 e. The molecule has 0 aromatic heterocycles. The number of methoxy groups -OCH3 is 1. The Morgan fingerprint density at radius 3 is 2.46 bits per heavy atom. The summed E-state index contributed by atoms with van der Waals surface area (Å²) in [5, 5.41) is 6.64. The van der Waals surface area contributed by atoms with Crippen molar-refractivity contribution >= 4 is 28.9 Å². The molecule has 2 N–H and O–H groups in total. The number of nitrogens with one attached hydrogen (secondary N) is 2. The van der Waals surface area contributed by atoms with Gasteiger partial charge in [0, 0.05) is 11.4 Å². The molecular formula is C19H23ClN2O2. The van der Waals surface area contributed by atoms with Gasteiger partial charge in [-0.05, 0) is 42.7 Å². The van der Waals surface area contributed by atoms with Crippen LogP contribution in [-0.2, 0) is 4.79 Å². The number of rotatable bonds is 6. The van der Waals surface area contributed by atoms with Crippen molar-refractivity contribution in [2.24, 2.45) is 0 Å². The summed E-state index contributed by atoms with van der Waals surface area (Å²) < 4.78 is 5.13. The number of para-hydroxylation sites is 1. The summed E-state index contributed by atoms with van der Waals surface area (Å²) in [4.78, 5) is 12.5. The van der Waals surface area contributed by atoms with Gasteiger partial charge in [0.05, 0.1) is 12.1 Å². The molecule has 2 aromatic carbocycles. The number of carbonyl (C=O) groups is 1. The van der Waals surface area contributed by atoms with Gasteiger partial charge in [0.25, 0.3) is 0 Å². The number of benzene rings is 2. The Kier molecular flexibility index (Phi) is 6.10. The predicted molar refractivity (Wildman–Crippen MR) is 100 cm³/mol. The number of halogens is 1. The second-order valence-corrected chi connectivity index (χ2v) is 6.35. The van der Waals surface area contributed by atoms with Crippen LogP contribution < -0.4 is 15.4 Å². The van der Waals surface area contributed by atoms with E-state index in [2.05, 4.69) is 24.5 Å². The van der Waals surface area contributed by atoms with Crippen molar-refractivity contribution in [2.45, 2.75) is 32.7 Å². The van der Waals surface area contributed by atoms with E-state index in [1.165, 1.54) is 0 Å². The Labute approximate surface area is 148 Å². The first kappa shape index (κ1) is 18.1. The van der Waals surface area contributed by atoms with Gasteiger partial charge in [0.15, 0.2) is 0 Å². The number of carbonyl (C=O) groups excluding carboxylic acids is 1. The average molecular weight is 347 g/mol. The lowest BCUT2D eigenvalue weighted by Gasteiger charge is -2.18. The maximum atomic E-state index is 12.5. The quantitative estimate of drug-likeness (QED) is 0.781. The van der Waals surface area contributed by atoms with Crippen molar-refractivity contribution in [3.8, 4) is 5.75 Å². The van der Waals surface area contributed by atoms with E-state index in [0.717, 1.165) is 16.9 Å². The van der Waals surface area contributed by atoms with Crippen LogP contribution >= 0.6 is 11.6 Å². The van der Waals surface area contributed by atoms with Gasteiger partial charge in [0.1, 0.15) is 11.8 Å². The van der Waals surface area contributed by atoms with Crippen LogP contribution in [0.2, 0.25) is 5.02 Å². The van der Waals surface area contributed by atoms with E-state index in [-0.39, 0.29) is 5.91 Å². The average Bonchev–Trinajstić information content (AvgIpc) is 2.55. The molecule has 0 radical (unpaired) electrons. The molecule has 0 heterocycles. The third-order valence-electron chi connectivity index (χ3n) is 3.77. The second kappa shape index (κ2) is 8.06. The molecule has 24 heavy (non-hydrogen) atoms. The van der Waals surface area contributed by atoms with Gasteiger partial charge < -0.3 is 15.4 Å². The molecule has 0 aliphatic rings. The standard InChI is InChI=1S/C19H23ClN2O2/c1-12(2)15-7-5-6-8-17(15)22-19(23)13(3)21-14-9-10-18(24-4)16(20)11-14/h5-13,21H,1-4H3,(H,22,23)/t13-/m1/s1. The van der Waals surface area contributed by atoms with Crippen molar-refractivity contribution < 1.29 is 9.53 Å². The Balaban J connectivity index is 2.06. The molecule has 2 aromatic rings. The minimum atomic E-state index is -0.408. The zero-order chi connectivity index (χ0) is 17.7. The van der Waals surface area contributed by atoms with E-state index in [4.69, 9.17) is 16.3 Å². The summed E-state index contributed by atoms with van der Waals surface area (Å²) in [6.07, 6.45) is 0. The monoisotopic (exact) mass is 346 g/mol. The molecule has 0 saturated carbocycles. The highest BCUT2D eigenvalue weighted by atomic mass is 35.5. The van der Waals surface area contributed by atoms with Crippen molar-refractivity contribution in [3.63, 3.8) is 0 Å². The molecule has 0 fully saturated rings. The molecule has 2 rings (SSSR count). The number of amides is 1. The molecular weight excluding hydrogens is 324 g/mol. The normalized spacial score (nSPS) is 11.9. The molecule has 1 atom stereocenters. The highest BCUT2D eigenvalue weighted by molar-refractivity contribution is 6.32. The summed E-state index contributed by atoms with van der Waals surface area (Å²) in [5.41, 5.74) is 2.73. The van der Waals surface area contributed by atoms with Gasteiger partial charge >= 0.3 is 0 Å². The van der Waals surface area contributed by atoms with Crippen LogP contribution in [0.4, 0.5) is 11.4 Å². The highest BCUT2D eigenvalue weighted by Gasteiger charge is 2.15. The first-order valence-electron chi connectivity index (χ1n) is 7.92. The fourth-order valence-corrected chi connectivity index (χ4v) is 2.68. The van der Waals surface area contributed by atoms with Crippen LogP contribution in [0.5, 0.6) is 5.75 Å². The molecule has 5 heteroatoms. The third-order valence-corrected chi connectivity index (χ3v) is 4.06. The van der Waals surface area contributed by atoms with Crippen molar-refractivity contribution in [3.05, 3.63) is 53.1 Å². The molecule has 0 spiro atoms. The summed E-state index contributed by atoms with van der Waals surface area (Å²) in [5.74, 6) is 0.838. The van der Waals surface area contributed by atoms with Gasteiger partial charge in [0.2, 0.25) is 5.91 Å². The van der Waals surface area contributed by atoms with Gasteiger partial charge in [-0.25, -0.2) is 0 Å². The Hall–Kier alpha value is -2.20. The molecule has 0 bridgehead atoms. The number of hydrogen-bond donors (Lipinski definition) is 2. The summed E-state index contributed by atoms with van der Waals surface area (Å²) >= 11 is 6.11. The Bertz CT molecular complexity index is 716. The van der Waals surface area contributed by atoms with Crippen molar-refractivity contribution in [1.82, 2.24) is 0 Å². The van der Waals surface area contributed by atoms with Crippen LogP contribution in [-0.4, -0.2) is 19.1 Å².